The van der Waals surface area contributed by atoms with Gasteiger partial charge in [-0.1, -0.05) is 51.5 Å². The van der Waals surface area contributed by atoms with Crippen LogP contribution in [0.3, 0.4) is 0 Å². The van der Waals surface area contributed by atoms with Crippen LogP contribution in [0.15, 0.2) is 30.3 Å². The Morgan fingerprint density at radius 2 is 1.70 bits per heavy atom. The molecule has 3 rings (SSSR count). The third-order valence-electron chi connectivity index (χ3n) is 5.75. The lowest BCUT2D eigenvalue weighted by Crippen LogP contribution is -2.15. The lowest BCUT2D eigenvalue weighted by atomic mass is 9.78. The maximum absolute atomic E-state index is 14.6. The van der Waals surface area contributed by atoms with E-state index >= 15 is 0 Å². The summed E-state index contributed by atoms with van der Waals surface area (Å²) in [5.74, 6) is 1.99. The summed E-state index contributed by atoms with van der Waals surface area (Å²) in [7, 11) is 0. The molecular weight excluding hydrogens is 339 g/mol. The summed E-state index contributed by atoms with van der Waals surface area (Å²) in [4.78, 5) is 0. The van der Waals surface area contributed by atoms with Crippen molar-refractivity contribution in [3.8, 4) is 17.1 Å². The molecule has 2 aromatic rings. The second-order valence-corrected chi connectivity index (χ2v) is 7.72. The van der Waals surface area contributed by atoms with Crippen molar-refractivity contribution in [2.75, 3.05) is 6.61 Å². The molecule has 1 aliphatic rings. The zero-order chi connectivity index (χ0) is 19.1. The summed E-state index contributed by atoms with van der Waals surface area (Å²) in [5.41, 5.74) is 2.11. The van der Waals surface area contributed by atoms with Crippen LogP contribution in [0.5, 0.6) is 5.88 Å². The number of rotatable bonds is 8. The van der Waals surface area contributed by atoms with Crippen molar-refractivity contribution in [3.63, 3.8) is 0 Å². The van der Waals surface area contributed by atoms with Crippen molar-refractivity contribution in [3.05, 3.63) is 41.7 Å². The first-order valence-electron chi connectivity index (χ1n) is 10.4. The van der Waals surface area contributed by atoms with Gasteiger partial charge in [0.1, 0.15) is 5.82 Å². The topological polar surface area (TPSA) is 35.0 Å². The number of nitrogens with zero attached hydrogens (tertiary/aromatic N) is 2. The zero-order valence-electron chi connectivity index (χ0n) is 16.6. The van der Waals surface area contributed by atoms with Crippen molar-refractivity contribution < 1.29 is 9.13 Å². The molecule has 3 nitrogen and oxygen atoms in total. The Morgan fingerprint density at radius 1 is 0.963 bits per heavy atom. The number of halogens is 1. The fraction of sp³-hybridized carbons (Fsp3) is 0.565. The van der Waals surface area contributed by atoms with Gasteiger partial charge in [0.25, 0.3) is 0 Å². The highest BCUT2D eigenvalue weighted by atomic mass is 19.1. The van der Waals surface area contributed by atoms with Crippen molar-refractivity contribution in [1.82, 2.24) is 10.2 Å². The molecule has 0 N–H and O–H groups in total. The zero-order valence-corrected chi connectivity index (χ0v) is 16.6. The minimum absolute atomic E-state index is 0.224. The summed E-state index contributed by atoms with van der Waals surface area (Å²) in [6.07, 6.45) is 10.2. The van der Waals surface area contributed by atoms with E-state index in [1.165, 1.54) is 44.9 Å². The quantitative estimate of drug-likeness (QED) is 0.553. The van der Waals surface area contributed by atoms with E-state index in [1.807, 2.05) is 19.1 Å². The number of hydrogen-bond donors (Lipinski definition) is 0. The van der Waals surface area contributed by atoms with Crippen LogP contribution in [0.2, 0.25) is 0 Å². The van der Waals surface area contributed by atoms with Crippen LogP contribution in [0, 0.1) is 17.7 Å². The van der Waals surface area contributed by atoms with Gasteiger partial charge >= 0.3 is 0 Å². The molecule has 0 radical (unpaired) electrons. The normalized spacial score (nSPS) is 19.8. The van der Waals surface area contributed by atoms with E-state index in [9.17, 15) is 4.39 Å². The molecular formula is C23H31FN2O. The van der Waals surface area contributed by atoms with Crippen LogP contribution in [-0.2, 0) is 6.42 Å². The minimum Gasteiger partial charge on any atom is -0.477 e. The Bertz CT molecular complexity index is 709. The van der Waals surface area contributed by atoms with Crippen molar-refractivity contribution in [2.24, 2.45) is 11.8 Å². The molecule has 0 spiro atoms. The van der Waals surface area contributed by atoms with Crippen LogP contribution in [-0.4, -0.2) is 16.8 Å². The van der Waals surface area contributed by atoms with Crippen LogP contribution >= 0.6 is 0 Å². The molecule has 0 aliphatic heterocycles. The molecule has 4 heteroatoms. The van der Waals surface area contributed by atoms with Gasteiger partial charge in [-0.2, -0.15) is 0 Å². The molecule has 27 heavy (non-hydrogen) atoms. The fourth-order valence-corrected chi connectivity index (χ4v) is 4.20. The Hall–Kier alpha value is -1.97. The first-order valence-corrected chi connectivity index (χ1v) is 10.4. The molecule has 0 atom stereocenters. The summed E-state index contributed by atoms with van der Waals surface area (Å²) in [6.45, 7) is 4.71. The van der Waals surface area contributed by atoms with E-state index in [4.69, 9.17) is 4.74 Å². The van der Waals surface area contributed by atoms with Crippen LogP contribution < -0.4 is 4.74 Å². The van der Waals surface area contributed by atoms with Gasteiger partial charge in [-0.05, 0) is 55.4 Å². The second kappa shape index (κ2) is 9.82. The van der Waals surface area contributed by atoms with E-state index in [-0.39, 0.29) is 5.82 Å². The number of hydrogen-bond acceptors (Lipinski definition) is 3. The standard InChI is InChI=1S/C23H31FN2O/c1-3-5-17-6-8-18(9-7-17)10-11-19-12-13-20(21(24)16-19)22-14-15-23(26-25-22)27-4-2/h12-18H,3-11H2,1-2H3. The summed E-state index contributed by atoms with van der Waals surface area (Å²) in [5, 5.41) is 8.07. The molecule has 1 aliphatic carbocycles. The largest absolute Gasteiger partial charge is 0.477 e. The van der Waals surface area contributed by atoms with Crippen molar-refractivity contribution in [2.45, 2.75) is 65.2 Å². The third kappa shape index (κ3) is 5.50. The highest BCUT2D eigenvalue weighted by molar-refractivity contribution is 5.60. The van der Waals surface area contributed by atoms with Gasteiger partial charge in [0, 0.05) is 11.6 Å². The lowest BCUT2D eigenvalue weighted by molar-refractivity contribution is 0.252. The van der Waals surface area contributed by atoms with E-state index in [1.54, 1.807) is 18.2 Å². The molecule has 1 aromatic heterocycles. The minimum atomic E-state index is -0.224. The Balaban J connectivity index is 1.55. The summed E-state index contributed by atoms with van der Waals surface area (Å²) < 4.78 is 19.9. The van der Waals surface area contributed by atoms with Gasteiger partial charge in [-0.25, -0.2) is 4.39 Å². The van der Waals surface area contributed by atoms with Gasteiger partial charge in [0.05, 0.1) is 12.3 Å². The third-order valence-corrected chi connectivity index (χ3v) is 5.75. The lowest BCUT2D eigenvalue weighted by Gasteiger charge is -2.28. The van der Waals surface area contributed by atoms with Crippen LogP contribution in [0.4, 0.5) is 4.39 Å². The van der Waals surface area contributed by atoms with Crippen molar-refractivity contribution >= 4 is 0 Å². The predicted octanol–water partition coefficient (Wildman–Crippen LogP) is 6.22. The maximum atomic E-state index is 14.6. The van der Waals surface area contributed by atoms with Crippen molar-refractivity contribution in [1.29, 1.82) is 0 Å². The highest BCUT2D eigenvalue weighted by Crippen LogP contribution is 2.34. The Kier molecular flexibility index (Phi) is 7.19. The monoisotopic (exact) mass is 370 g/mol. The molecule has 0 amide bonds. The molecule has 0 bridgehead atoms. The molecule has 146 valence electrons. The predicted molar refractivity (Wildman–Crippen MR) is 107 cm³/mol. The summed E-state index contributed by atoms with van der Waals surface area (Å²) in [6, 6.07) is 9.00. The first kappa shape index (κ1) is 19.8. The average molecular weight is 371 g/mol. The number of ether oxygens (including phenoxy) is 1. The van der Waals surface area contributed by atoms with E-state index < -0.39 is 0 Å². The Morgan fingerprint density at radius 3 is 2.30 bits per heavy atom. The Labute approximate surface area is 162 Å². The molecule has 1 heterocycles. The van der Waals surface area contributed by atoms with Crippen LogP contribution in [0.25, 0.3) is 11.3 Å². The first-order chi connectivity index (χ1) is 13.2. The van der Waals surface area contributed by atoms with Gasteiger partial charge in [-0.3, -0.25) is 0 Å². The van der Waals surface area contributed by atoms with Gasteiger partial charge in [-0.15, -0.1) is 10.2 Å². The fourth-order valence-electron chi connectivity index (χ4n) is 4.20. The number of aryl methyl sites for hydroxylation is 1. The van der Waals surface area contributed by atoms with Gasteiger partial charge in [0.15, 0.2) is 0 Å². The smallest absolute Gasteiger partial charge is 0.233 e. The highest BCUT2D eigenvalue weighted by Gasteiger charge is 2.20. The molecule has 0 saturated heterocycles. The summed E-state index contributed by atoms with van der Waals surface area (Å²) >= 11 is 0. The molecule has 1 aromatic carbocycles. The maximum Gasteiger partial charge on any atom is 0.233 e. The van der Waals surface area contributed by atoms with Crippen LogP contribution in [0.1, 0.15) is 64.4 Å². The molecule has 1 fully saturated rings. The van der Waals surface area contributed by atoms with E-state index in [0.29, 0.717) is 23.7 Å². The van der Waals surface area contributed by atoms with Gasteiger partial charge in [0.2, 0.25) is 5.88 Å². The number of aromatic nitrogens is 2. The molecule has 0 unspecified atom stereocenters. The number of benzene rings is 1. The van der Waals surface area contributed by atoms with E-state index in [0.717, 1.165) is 23.8 Å². The van der Waals surface area contributed by atoms with Gasteiger partial charge < -0.3 is 4.74 Å². The molecule has 1 saturated carbocycles. The second-order valence-electron chi connectivity index (χ2n) is 7.72. The average Bonchev–Trinajstić information content (AvgIpc) is 2.69. The SMILES string of the molecule is CCCC1CCC(CCc2ccc(-c3ccc(OCC)nn3)c(F)c2)CC1. The van der Waals surface area contributed by atoms with E-state index in [2.05, 4.69) is 17.1 Å².